The van der Waals surface area contributed by atoms with E-state index in [2.05, 4.69) is 0 Å². The molecule has 2 rings (SSSR count). The van der Waals surface area contributed by atoms with Crippen molar-refractivity contribution in [1.29, 1.82) is 0 Å². The monoisotopic (exact) mass is 282 g/mol. The maximum absolute atomic E-state index is 11.2. The van der Waals surface area contributed by atoms with Crippen LogP contribution in [-0.2, 0) is 9.53 Å². The molecule has 0 spiro atoms. The molecule has 4 nitrogen and oxygen atoms in total. The Bertz CT molecular complexity index is 433. The fourth-order valence-electron chi connectivity index (χ4n) is 1.75. The largest absolute Gasteiger partial charge is 0.486 e. The van der Waals surface area contributed by atoms with E-state index in [1.165, 1.54) is 0 Å². The van der Waals surface area contributed by atoms with E-state index in [1.807, 2.05) is 25.1 Å². The minimum absolute atomic E-state index is 0.120. The van der Waals surface area contributed by atoms with Crippen LogP contribution in [0.1, 0.15) is 19.8 Å². The lowest BCUT2D eigenvalue weighted by molar-refractivity contribution is -0.143. The van der Waals surface area contributed by atoms with Crippen LogP contribution in [0.4, 0.5) is 0 Å². The van der Waals surface area contributed by atoms with Gasteiger partial charge >= 0.3 is 5.97 Å². The Balaban J connectivity index is 1.75. The predicted molar refractivity (Wildman–Crippen MR) is 74.0 cm³/mol. The Labute approximate surface area is 117 Å². The Morgan fingerprint density at radius 1 is 1.32 bits per heavy atom. The second kappa shape index (κ2) is 7.28. The maximum atomic E-state index is 11.2. The van der Waals surface area contributed by atoms with E-state index in [9.17, 15) is 4.79 Å². The van der Waals surface area contributed by atoms with Crippen LogP contribution < -0.4 is 9.47 Å². The first-order valence-corrected chi connectivity index (χ1v) is 7.46. The van der Waals surface area contributed by atoms with Crippen molar-refractivity contribution in [2.75, 3.05) is 25.6 Å². The number of rotatable bonds is 6. The van der Waals surface area contributed by atoms with Crippen LogP contribution in [0.25, 0.3) is 0 Å². The molecule has 0 atom stereocenters. The second-order valence-corrected chi connectivity index (χ2v) is 5.23. The molecule has 0 aliphatic carbocycles. The third-order valence-corrected chi connectivity index (χ3v) is 3.69. The molecule has 0 saturated heterocycles. The van der Waals surface area contributed by atoms with E-state index >= 15 is 0 Å². The standard InChI is InChI=1S/C14H18O4S/c1-2-16-14(15)4-3-9-19-11-5-6-12-13(10-11)18-8-7-17-12/h5-6,10H,2-4,7-9H2,1H3. The van der Waals surface area contributed by atoms with Gasteiger partial charge in [0, 0.05) is 11.3 Å². The first kappa shape index (κ1) is 14.1. The third-order valence-electron chi connectivity index (χ3n) is 2.61. The van der Waals surface area contributed by atoms with Crippen LogP contribution in [0.15, 0.2) is 23.1 Å². The van der Waals surface area contributed by atoms with Gasteiger partial charge in [-0.25, -0.2) is 0 Å². The van der Waals surface area contributed by atoms with Gasteiger partial charge in [-0.3, -0.25) is 4.79 Å². The van der Waals surface area contributed by atoms with Crippen LogP contribution in [0.2, 0.25) is 0 Å². The quantitative estimate of drug-likeness (QED) is 0.456. The van der Waals surface area contributed by atoms with Gasteiger partial charge in [0.25, 0.3) is 0 Å². The van der Waals surface area contributed by atoms with Crippen molar-refractivity contribution >= 4 is 17.7 Å². The lowest BCUT2D eigenvalue weighted by atomic mass is 10.3. The molecule has 0 N–H and O–H groups in total. The zero-order valence-corrected chi connectivity index (χ0v) is 11.8. The molecule has 0 saturated carbocycles. The lowest BCUT2D eigenvalue weighted by Gasteiger charge is -2.18. The first-order chi connectivity index (χ1) is 9.29. The summed E-state index contributed by atoms with van der Waals surface area (Å²) in [5.74, 6) is 2.38. The molecule has 0 radical (unpaired) electrons. The van der Waals surface area contributed by atoms with Gasteiger partial charge in [-0.1, -0.05) is 0 Å². The van der Waals surface area contributed by atoms with Crippen molar-refractivity contribution in [3.8, 4) is 11.5 Å². The summed E-state index contributed by atoms with van der Waals surface area (Å²) < 4.78 is 15.9. The zero-order chi connectivity index (χ0) is 13.5. The van der Waals surface area contributed by atoms with E-state index in [4.69, 9.17) is 14.2 Å². The average Bonchev–Trinajstić information content (AvgIpc) is 2.44. The summed E-state index contributed by atoms with van der Waals surface area (Å²) in [4.78, 5) is 12.3. The summed E-state index contributed by atoms with van der Waals surface area (Å²) >= 11 is 1.71. The number of benzene rings is 1. The van der Waals surface area contributed by atoms with Crippen LogP contribution >= 0.6 is 11.8 Å². The highest BCUT2D eigenvalue weighted by Gasteiger charge is 2.11. The van der Waals surface area contributed by atoms with E-state index in [0.29, 0.717) is 26.2 Å². The van der Waals surface area contributed by atoms with Crippen molar-refractivity contribution in [2.24, 2.45) is 0 Å². The molecule has 0 amide bonds. The molecule has 1 aliphatic rings. The smallest absolute Gasteiger partial charge is 0.305 e. The van der Waals surface area contributed by atoms with Crippen LogP contribution in [0.5, 0.6) is 11.5 Å². The van der Waals surface area contributed by atoms with Crippen molar-refractivity contribution < 1.29 is 19.0 Å². The van der Waals surface area contributed by atoms with Gasteiger partial charge in [-0.2, -0.15) is 0 Å². The number of hydrogen-bond donors (Lipinski definition) is 0. The molecule has 19 heavy (non-hydrogen) atoms. The summed E-state index contributed by atoms with van der Waals surface area (Å²) in [6.45, 7) is 3.49. The van der Waals surface area contributed by atoms with E-state index in [-0.39, 0.29) is 5.97 Å². The van der Waals surface area contributed by atoms with E-state index < -0.39 is 0 Å². The molecule has 0 fully saturated rings. The maximum Gasteiger partial charge on any atom is 0.305 e. The Morgan fingerprint density at radius 3 is 2.89 bits per heavy atom. The number of ether oxygens (including phenoxy) is 3. The molecule has 0 unspecified atom stereocenters. The highest BCUT2D eigenvalue weighted by Crippen LogP contribution is 2.34. The van der Waals surface area contributed by atoms with Gasteiger partial charge in [0.2, 0.25) is 0 Å². The van der Waals surface area contributed by atoms with Gasteiger partial charge < -0.3 is 14.2 Å². The molecule has 0 aromatic heterocycles. The number of esters is 1. The fraction of sp³-hybridized carbons (Fsp3) is 0.500. The summed E-state index contributed by atoms with van der Waals surface area (Å²) in [6, 6.07) is 5.94. The molecular weight excluding hydrogens is 264 g/mol. The number of fused-ring (bicyclic) bond motifs is 1. The van der Waals surface area contributed by atoms with Crippen LogP contribution in [0, 0.1) is 0 Å². The van der Waals surface area contributed by atoms with Gasteiger partial charge in [-0.05, 0) is 37.3 Å². The van der Waals surface area contributed by atoms with Crippen LogP contribution in [-0.4, -0.2) is 31.5 Å². The summed E-state index contributed by atoms with van der Waals surface area (Å²) in [7, 11) is 0. The zero-order valence-electron chi connectivity index (χ0n) is 11.0. The van der Waals surface area contributed by atoms with Gasteiger partial charge in [0.1, 0.15) is 13.2 Å². The summed E-state index contributed by atoms with van der Waals surface area (Å²) in [5.41, 5.74) is 0. The van der Waals surface area contributed by atoms with Crippen molar-refractivity contribution in [2.45, 2.75) is 24.7 Å². The lowest BCUT2D eigenvalue weighted by Crippen LogP contribution is -2.15. The highest BCUT2D eigenvalue weighted by atomic mass is 32.2. The molecule has 1 aromatic carbocycles. The first-order valence-electron chi connectivity index (χ1n) is 6.47. The number of carbonyl (C=O) groups excluding carboxylic acids is 1. The number of carbonyl (C=O) groups is 1. The Hall–Kier alpha value is -1.36. The Kier molecular flexibility index (Phi) is 5.39. The second-order valence-electron chi connectivity index (χ2n) is 4.06. The van der Waals surface area contributed by atoms with Crippen molar-refractivity contribution in [1.82, 2.24) is 0 Å². The van der Waals surface area contributed by atoms with E-state index in [1.54, 1.807) is 11.8 Å². The Morgan fingerprint density at radius 2 is 2.11 bits per heavy atom. The van der Waals surface area contributed by atoms with Gasteiger partial charge in [-0.15, -0.1) is 11.8 Å². The normalized spacial score (nSPS) is 13.1. The third kappa shape index (κ3) is 4.35. The molecule has 1 aromatic rings. The van der Waals surface area contributed by atoms with Crippen molar-refractivity contribution in [3.05, 3.63) is 18.2 Å². The van der Waals surface area contributed by atoms with Crippen molar-refractivity contribution in [3.63, 3.8) is 0 Å². The SMILES string of the molecule is CCOC(=O)CCCSc1ccc2c(c1)OCCO2. The molecule has 0 bridgehead atoms. The van der Waals surface area contributed by atoms with E-state index in [0.717, 1.165) is 28.6 Å². The molecule has 5 heteroatoms. The predicted octanol–water partition coefficient (Wildman–Crippen LogP) is 2.89. The summed E-state index contributed by atoms with van der Waals surface area (Å²) in [6.07, 6.45) is 1.29. The number of hydrogen-bond acceptors (Lipinski definition) is 5. The van der Waals surface area contributed by atoms with Crippen LogP contribution in [0.3, 0.4) is 0 Å². The number of thioether (sulfide) groups is 1. The molecule has 104 valence electrons. The van der Waals surface area contributed by atoms with Gasteiger partial charge in [0.15, 0.2) is 11.5 Å². The fourth-order valence-corrected chi connectivity index (χ4v) is 2.63. The molecular formula is C14H18O4S. The molecule has 1 aliphatic heterocycles. The highest BCUT2D eigenvalue weighted by molar-refractivity contribution is 7.99. The molecule has 1 heterocycles. The topological polar surface area (TPSA) is 44.8 Å². The van der Waals surface area contributed by atoms with Gasteiger partial charge in [0.05, 0.1) is 6.61 Å². The minimum Gasteiger partial charge on any atom is -0.486 e. The minimum atomic E-state index is -0.120. The average molecular weight is 282 g/mol. The summed E-state index contributed by atoms with van der Waals surface area (Å²) in [5, 5.41) is 0.